The van der Waals surface area contributed by atoms with Gasteiger partial charge < -0.3 is 0 Å². The zero-order valence-electron chi connectivity index (χ0n) is 10.1. The maximum atomic E-state index is 3.31. The molecule has 16 heavy (non-hydrogen) atoms. The first-order valence-electron chi connectivity index (χ1n) is 6.62. The summed E-state index contributed by atoms with van der Waals surface area (Å²) in [6.07, 6.45) is 10.1. The number of rotatable bonds is 1. The highest BCUT2D eigenvalue weighted by Gasteiger charge is 2.19. The smallest absolute Gasteiger partial charge is 0.0612 e. The Morgan fingerprint density at radius 1 is 0.688 bits per heavy atom. The second-order valence-electron chi connectivity index (χ2n) is 4.76. The molecule has 0 radical (unpaired) electrons. The second-order valence-corrected chi connectivity index (χ2v) is 4.76. The van der Waals surface area contributed by atoms with E-state index in [9.17, 15) is 0 Å². The molecule has 1 heteroatoms. The van der Waals surface area contributed by atoms with Gasteiger partial charge in [0.2, 0.25) is 0 Å². The minimum atomic E-state index is 0.747. The number of hydrogen-bond donors (Lipinski definition) is 0. The van der Waals surface area contributed by atoms with Gasteiger partial charge in [0.1, 0.15) is 0 Å². The average molecular weight is 215 g/mol. The average Bonchev–Trinajstić information content (AvgIpc) is 2.37. The molecule has 1 heterocycles. The van der Waals surface area contributed by atoms with Gasteiger partial charge in [0.15, 0.2) is 0 Å². The Labute approximate surface area is 99.6 Å². The van der Waals surface area contributed by atoms with E-state index in [4.69, 9.17) is 0 Å². The highest BCUT2D eigenvalue weighted by atomic mass is 15.1. The van der Waals surface area contributed by atoms with Crippen molar-refractivity contribution in [3.63, 3.8) is 0 Å². The minimum absolute atomic E-state index is 0.747. The lowest BCUT2D eigenvalue weighted by Gasteiger charge is -2.31. The van der Waals surface area contributed by atoms with Crippen molar-refractivity contribution in [3.8, 4) is 23.7 Å². The van der Waals surface area contributed by atoms with Crippen molar-refractivity contribution in [2.75, 3.05) is 13.1 Å². The summed E-state index contributed by atoms with van der Waals surface area (Å²) >= 11 is 0. The summed E-state index contributed by atoms with van der Waals surface area (Å²) in [5, 5.41) is 0. The Morgan fingerprint density at radius 2 is 1.31 bits per heavy atom. The second kappa shape index (κ2) is 6.62. The summed E-state index contributed by atoms with van der Waals surface area (Å²) in [6.45, 7) is 1.86. The molecule has 2 aliphatic rings. The first kappa shape index (κ1) is 11.6. The fourth-order valence-corrected chi connectivity index (χ4v) is 2.52. The molecule has 0 atom stereocenters. The molecule has 0 aromatic heterocycles. The lowest BCUT2D eigenvalue weighted by atomic mass is 9.94. The van der Waals surface area contributed by atoms with E-state index in [1.54, 1.807) is 0 Å². The molecule has 0 saturated heterocycles. The third kappa shape index (κ3) is 3.58. The lowest BCUT2D eigenvalue weighted by Crippen LogP contribution is -2.37. The van der Waals surface area contributed by atoms with Crippen molar-refractivity contribution >= 4 is 0 Å². The molecule has 0 N–H and O–H groups in total. The van der Waals surface area contributed by atoms with Crippen molar-refractivity contribution in [2.45, 2.75) is 57.4 Å². The van der Waals surface area contributed by atoms with E-state index in [1.165, 1.54) is 32.1 Å². The molecule has 2 rings (SSSR count). The van der Waals surface area contributed by atoms with Gasteiger partial charge in [-0.25, -0.2) is 0 Å². The summed E-state index contributed by atoms with van der Waals surface area (Å²) in [7, 11) is 0. The first-order chi connectivity index (χ1) is 7.97. The maximum Gasteiger partial charge on any atom is 0.0612 e. The molecule has 0 unspecified atom stereocenters. The molecule has 0 spiro atoms. The monoisotopic (exact) mass is 215 g/mol. The normalized spacial score (nSPS) is 23.8. The van der Waals surface area contributed by atoms with Gasteiger partial charge in [-0.05, 0) is 19.3 Å². The van der Waals surface area contributed by atoms with E-state index >= 15 is 0 Å². The van der Waals surface area contributed by atoms with E-state index in [1.807, 2.05) is 0 Å². The standard InChI is InChI=1S/C15H21N/c1-2-4-9-13-16(14-10-5-3-1)15-11-7-6-8-12-15/h15H,1-3,6-8,11-14H2. The Morgan fingerprint density at radius 3 is 1.94 bits per heavy atom. The van der Waals surface area contributed by atoms with Crippen LogP contribution in [0.2, 0.25) is 0 Å². The SMILES string of the molecule is C1#CCN(C2CCCCC2)CC#CCCC1. The van der Waals surface area contributed by atoms with Crippen LogP contribution < -0.4 is 0 Å². The van der Waals surface area contributed by atoms with Crippen LogP contribution in [0.5, 0.6) is 0 Å². The molecule has 1 aliphatic carbocycles. The van der Waals surface area contributed by atoms with E-state index < -0.39 is 0 Å². The van der Waals surface area contributed by atoms with Gasteiger partial charge in [-0.15, -0.1) is 11.8 Å². The van der Waals surface area contributed by atoms with Crippen LogP contribution in [-0.2, 0) is 0 Å². The van der Waals surface area contributed by atoms with Gasteiger partial charge in [-0.2, -0.15) is 0 Å². The van der Waals surface area contributed by atoms with Gasteiger partial charge in [-0.3, -0.25) is 4.90 Å². The van der Waals surface area contributed by atoms with E-state index in [-0.39, 0.29) is 0 Å². The van der Waals surface area contributed by atoms with Crippen LogP contribution in [0, 0.1) is 23.7 Å². The van der Waals surface area contributed by atoms with E-state index in [0.29, 0.717) is 0 Å². The van der Waals surface area contributed by atoms with Crippen molar-refractivity contribution in [3.05, 3.63) is 0 Å². The molecule has 1 aliphatic heterocycles. The summed E-state index contributed by atoms with van der Waals surface area (Å²) in [4.78, 5) is 2.49. The van der Waals surface area contributed by atoms with Crippen molar-refractivity contribution in [1.82, 2.24) is 4.90 Å². The molecule has 0 amide bonds. The predicted molar refractivity (Wildman–Crippen MR) is 67.8 cm³/mol. The predicted octanol–water partition coefficient (Wildman–Crippen LogP) is 2.81. The van der Waals surface area contributed by atoms with Crippen LogP contribution in [-0.4, -0.2) is 24.0 Å². The Balaban J connectivity index is 1.94. The summed E-state index contributed by atoms with van der Waals surface area (Å²) in [5.74, 6) is 13.2. The quantitative estimate of drug-likeness (QED) is 0.608. The topological polar surface area (TPSA) is 3.24 Å². The van der Waals surface area contributed by atoms with Crippen LogP contribution in [0.25, 0.3) is 0 Å². The molecule has 0 aromatic carbocycles. The fourth-order valence-electron chi connectivity index (χ4n) is 2.52. The highest BCUT2D eigenvalue weighted by Crippen LogP contribution is 2.22. The van der Waals surface area contributed by atoms with Gasteiger partial charge in [0.25, 0.3) is 0 Å². The lowest BCUT2D eigenvalue weighted by molar-refractivity contribution is 0.194. The van der Waals surface area contributed by atoms with Crippen LogP contribution in [0.3, 0.4) is 0 Å². The summed E-state index contributed by atoms with van der Waals surface area (Å²) < 4.78 is 0. The van der Waals surface area contributed by atoms with Gasteiger partial charge in [0, 0.05) is 18.9 Å². The summed E-state index contributed by atoms with van der Waals surface area (Å²) in [5.41, 5.74) is 0. The molecular weight excluding hydrogens is 194 g/mol. The fraction of sp³-hybridized carbons (Fsp3) is 0.733. The third-order valence-corrected chi connectivity index (χ3v) is 3.51. The largest absolute Gasteiger partial charge is 0.278 e. The highest BCUT2D eigenvalue weighted by molar-refractivity contribution is 5.08. The van der Waals surface area contributed by atoms with E-state index in [0.717, 1.165) is 38.4 Å². The van der Waals surface area contributed by atoms with Crippen LogP contribution in [0.15, 0.2) is 0 Å². The van der Waals surface area contributed by atoms with Crippen molar-refractivity contribution in [1.29, 1.82) is 0 Å². The summed E-state index contributed by atoms with van der Waals surface area (Å²) in [6, 6.07) is 0.747. The van der Waals surface area contributed by atoms with Crippen LogP contribution >= 0.6 is 0 Å². The molecule has 1 saturated carbocycles. The molecule has 1 nitrogen and oxygen atoms in total. The first-order valence-corrected chi connectivity index (χ1v) is 6.62. The van der Waals surface area contributed by atoms with Gasteiger partial charge in [0.05, 0.1) is 13.1 Å². The Hall–Kier alpha value is -0.920. The van der Waals surface area contributed by atoms with Crippen molar-refractivity contribution < 1.29 is 0 Å². The zero-order valence-corrected chi connectivity index (χ0v) is 10.1. The molecule has 86 valence electrons. The molecule has 1 fully saturated rings. The van der Waals surface area contributed by atoms with Crippen LogP contribution in [0.1, 0.15) is 51.4 Å². The number of hydrogen-bond acceptors (Lipinski definition) is 1. The van der Waals surface area contributed by atoms with Crippen molar-refractivity contribution in [2.24, 2.45) is 0 Å². The van der Waals surface area contributed by atoms with Gasteiger partial charge >= 0.3 is 0 Å². The zero-order chi connectivity index (χ0) is 11.1. The molecule has 0 bridgehead atoms. The van der Waals surface area contributed by atoms with Crippen LogP contribution in [0.4, 0.5) is 0 Å². The maximum absolute atomic E-state index is 3.31. The van der Waals surface area contributed by atoms with Gasteiger partial charge in [-0.1, -0.05) is 31.1 Å². The molecule has 0 aromatic rings. The number of nitrogens with zero attached hydrogens (tertiary/aromatic N) is 1. The molecular formula is C15H21N. The van der Waals surface area contributed by atoms with E-state index in [2.05, 4.69) is 28.6 Å². The third-order valence-electron chi connectivity index (χ3n) is 3.51. The Bertz CT molecular complexity index is 293. The minimum Gasteiger partial charge on any atom is -0.278 e. The Kier molecular flexibility index (Phi) is 4.78.